The normalized spacial score (nSPS) is 10.6. The zero-order valence-corrected chi connectivity index (χ0v) is 11.3. The minimum Gasteiger partial charge on any atom is -0.490 e. The Hall–Kier alpha value is -2.51. The van der Waals surface area contributed by atoms with Gasteiger partial charge in [-0.05, 0) is 18.6 Å². The summed E-state index contributed by atoms with van der Waals surface area (Å²) >= 11 is 0. The lowest BCUT2D eigenvalue weighted by Crippen LogP contribution is -2.13. The van der Waals surface area contributed by atoms with Crippen molar-refractivity contribution in [1.82, 2.24) is 15.4 Å². The molecule has 0 spiro atoms. The molecule has 1 aromatic carbocycles. The highest BCUT2D eigenvalue weighted by atomic mass is 19.1. The fraction of sp³-hybridized carbons (Fsp3) is 0.308. The van der Waals surface area contributed by atoms with Gasteiger partial charge in [-0.3, -0.25) is 4.79 Å². The van der Waals surface area contributed by atoms with Gasteiger partial charge in [0.2, 0.25) is 0 Å². The lowest BCUT2D eigenvalue weighted by molar-refractivity contribution is 0.0996. The average molecular weight is 296 g/mol. The van der Waals surface area contributed by atoms with Crippen molar-refractivity contribution in [3.63, 3.8) is 0 Å². The fourth-order valence-corrected chi connectivity index (χ4v) is 1.77. The lowest BCUT2D eigenvalue weighted by atomic mass is 10.1. The lowest BCUT2D eigenvalue weighted by Gasteiger charge is -2.10. The van der Waals surface area contributed by atoms with Crippen LogP contribution in [-0.2, 0) is 0 Å². The van der Waals surface area contributed by atoms with E-state index in [0.717, 1.165) is 18.9 Å². The van der Waals surface area contributed by atoms with Gasteiger partial charge in [-0.25, -0.2) is 8.78 Å². The zero-order valence-electron chi connectivity index (χ0n) is 11.3. The van der Waals surface area contributed by atoms with Crippen molar-refractivity contribution in [3.05, 3.63) is 29.5 Å². The summed E-state index contributed by atoms with van der Waals surface area (Å²) < 4.78 is 33.5. The molecule has 1 aromatic heterocycles. The van der Waals surface area contributed by atoms with E-state index in [0.29, 0.717) is 6.61 Å². The third kappa shape index (κ3) is 2.99. The number of hydrogen-bond donors (Lipinski definition) is 2. The molecule has 0 saturated heterocycles. The molecule has 1 heterocycles. The maximum Gasteiger partial charge on any atom is 0.271 e. The molecule has 0 radical (unpaired) electrons. The Morgan fingerprint density at radius 3 is 2.81 bits per heavy atom. The number of carbonyl (C=O) groups excluding carboxylic acids is 1. The van der Waals surface area contributed by atoms with Gasteiger partial charge < -0.3 is 10.5 Å². The summed E-state index contributed by atoms with van der Waals surface area (Å²) in [6, 6.07) is 2.23. The first-order valence-electron chi connectivity index (χ1n) is 6.38. The van der Waals surface area contributed by atoms with Crippen LogP contribution in [0.4, 0.5) is 8.78 Å². The number of amides is 1. The summed E-state index contributed by atoms with van der Waals surface area (Å²) in [5.74, 6) is -2.87. The van der Waals surface area contributed by atoms with Gasteiger partial charge in [-0.2, -0.15) is 15.4 Å². The number of unbranched alkanes of at least 4 members (excludes halogenated alkanes) is 1. The number of hydrogen-bond acceptors (Lipinski definition) is 4. The molecule has 0 bridgehead atoms. The highest BCUT2D eigenvalue weighted by Gasteiger charge is 2.24. The maximum atomic E-state index is 14.4. The largest absolute Gasteiger partial charge is 0.490 e. The number of nitrogens with zero attached hydrogens (tertiary/aromatic N) is 2. The minimum absolute atomic E-state index is 0.113. The van der Waals surface area contributed by atoms with E-state index in [1.54, 1.807) is 0 Å². The topological polar surface area (TPSA) is 93.9 Å². The molecule has 0 unspecified atom stereocenters. The summed E-state index contributed by atoms with van der Waals surface area (Å²) in [5.41, 5.74) is 3.99. The second-order valence-electron chi connectivity index (χ2n) is 4.32. The van der Waals surface area contributed by atoms with Crippen molar-refractivity contribution in [2.24, 2.45) is 5.73 Å². The molecule has 3 N–H and O–H groups in total. The van der Waals surface area contributed by atoms with Crippen molar-refractivity contribution in [1.29, 1.82) is 0 Å². The Bertz CT molecular complexity index is 658. The molecule has 6 nitrogen and oxygen atoms in total. The predicted octanol–water partition coefficient (Wildman–Crippen LogP) is 2.03. The van der Waals surface area contributed by atoms with E-state index in [-0.39, 0.29) is 17.1 Å². The Morgan fingerprint density at radius 2 is 2.14 bits per heavy atom. The van der Waals surface area contributed by atoms with Gasteiger partial charge in [0.15, 0.2) is 17.3 Å². The van der Waals surface area contributed by atoms with Gasteiger partial charge in [-0.15, -0.1) is 0 Å². The first-order valence-corrected chi connectivity index (χ1v) is 6.38. The second kappa shape index (κ2) is 6.29. The molecule has 0 fully saturated rings. The van der Waals surface area contributed by atoms with E-state index in [1.807, 2.05) is 6.92 Å². The number of halogens is 2. The summed E-state index contributed by atoms with van der Waals surface area (Å²) in [6.07, 6.45) is 1.62. The van der Waals surface area contributed by atoms with Crippen LogP contribution in [0.5, 0.6) is 5.75 Å². The number of primary amides is 1. The third-order valence-electron chi connectivity index (χ3n) is 2.83. The Labute approximate surface area is 119 Å². The highest BCUT2D eigenvalue weighted by molar-refractivity contribution is 5.96. The third-order valence-corrected chi connectivity index (χ3v) is 2.83. The summed E-state index contributed by atoms with van der Waals surface area (Å²) in [4.78, 5) is 11.2. The van der Waals surface area contributed by atoms with Crippen LogP contribution in [0, 0.1) is 11.6 Å². The molecular formula is C13H14F2N4O2. The number of benzene rings is 1. The van der Waals surface area contributed by atoms with Crippen molar-refractivity contribution in [2.75, 3.05) is 6.61 Å². The van der Waals surface area contributed by atoms with Crippen molar-refractivity contribution < 1.29 is 18.3 Å². The molecule has 0 aliphatic rings. The molecule has 8 heteroatoms. The van der Waals surface area contributed by atoms with E-state index in [1.165, 1.54) is 6.07 Å². The number of ether oxygens (including phenoxy) is 1. The summed E-state index contributed by atoms with van der Waals surface area (Å²) in [5, 5.41) is 9.22. The van der Waals surface area contributed by atoms with E-state index >= 15 is 0 Å². The Balaban J connectivity index is 2.45. The number of aromatic amines is 1. The number of H-pyrrole nitrogens is 1. The van der Waals surface area contributed by atoms with Crippen LogP contribution >= 0.6 is 0 Å². The molecule has 0 aliphatic heterocycles. The Morgan fingerprint density at radius 1 is 1.38 bits per heavy atom. The molecule has 112 valence electrons. The summed E-state index contributed by atoms with van der Waals surface area (Å²) in [6.45, 7) is 2.27. The molecular weight excluding hydrogens is 282 g/mol. The zero-order chi connectivity index (χ0) is 15.4. The number of carbonyl (C=O) groups is 1. The van der Waals surface area contributed by atoms with Crippen LogP contribution < -0.4 is 10.5 Å². The minimum atomic E-state index is -0.942. The van der Waals surface area contributed by atoms with Crippen LogP contribution in [0.1, 0.15) is 30.3 Å². The highest BCUT2D eigenvalue weighted by Crippen LogP contribution is 2.32. The molecule has 1 amide bonds. The van der Waals surface area contributed by atoms with Crippen LogP contribution in [0.25, 0.3) is 11.3 Å². The Kier molecular flexibility index (Phi) is 4.46. The van der Waals surface area contributed by atoms with Gasteiger partial charge in [0, 0.05) is 0 Å². The van der Waals surface area contributed by atoms with Gasteiger partial charge in [0.05, 0.1) is 12.2 Å². The van der Waals surface area contributed by atoms with Crippen molar-refractivity contribution in [2.45, 2.75) is 19.8 Å². The smallest absolute Gasteiger partial charge is 0.271 e. The number of aromatic nitrogens is 3. The quantitative estimate of drug-likeness (QED) is 0.797. The van der Waals surface area contributed by atoms with E-state index < -0.39 is 23.1 Å². The van der Waals surface area contributed by atoms with E-state index in [2.05, 4.69) is 15.4 Å². The van der Waals surface area contributed by atoms with Gasteiger partial charge in [-0.1, -0.05) is 13.3 Å². The monoisotopic (exact) mass is 296 g/mol. The standard InChI is InChI=1S/C13H14F2N4O2/c1-2-3-6-21-8-5-4-7(14)9(10(8)15)11-12(13(16)20)18-19-17-11/h4-5H,2-3,6H2,1H3,(H2,16,20)(H,17,18,19). The molecule has 2 aromatic rings. The van der Waals surface area contributed by atoms with Crippen LogP contribution in [-0.4, -0.2) is 27.9 Å². The maximum absolute atomic E-state index is 14.4. The SMILES string of the molecule is CCCCOc1ccc(F)c(-c2n[nH]nc2C(N)=O)c1F. The van der Waals surface area contributed by atoms with Crippen LogP contribution in [0.2, 0.25) is 0 Å². The van der Waals surface area contributed by atoms with Gasteiger partial charge in [0.1, 0.15) is 11.5 Å². The first kappa shape index (κ1) is 14.9. The molecule has 0 saturated carbocycles. The van der Waals surface area contributed by atoms with E-state index in [9.17, 15) is 13.6 Å². The molecule has 0 atom stereocenters. The second-order valence-corrected chi connectivity index (χ2v) is 4.32. The van der Waals surface area contributed by atoms with Crippen molar-refractivity contribution >= 4 is 5.91 Å². The molecule has 21 heavy (non-hydrogen) atoms. The summed E-state index contributed by atoms with van der Waals surface area (Å²) in [7, 11) is 0. The molecule has 0 aliphatic carbocycles. The van der Waals surface area contributed by atoms with Crippen LogP contribution in [0.3, 0.4) is 0 Å². The van der Waals surface area contributed by atoms with Gasteiger partial charge >= 0.3 is 0 Å². The van der Waals surface area contributed by atoms with Crippen molar-refractivity contribution in [3.8, 4) is 17.0 Å². The van der Waals surface area contributed by atoms with E-state index in [4.69, 9.17) is 10.5 Å². The number of rotatable bonds is 6. The van der Waals surface area contributed by atoms with Gasteiger partial charge in [0.25, 0.3) is 5.91 Å². The number of nitrogens with two attached hydrogens (primary N) is 1. The van der Waals surface area contributed by atoms with Crippen LogP contribution in [0.15, 0.2) is 12.1 Å². The fourth-order valence-electron chi connectivity index (χ4n) is 1.77. The average Bonchev–Trinajstić information content (AvgIpc) is 2.91. The number of nitrogens with one attached hydrogen (secondary N) is 1. The first-order chi connectivity index (χ1) is 10.1. The predicted molar refractivity (Wildman–Crippen MR) is 70.7 cm³/mol. The molecule has 2 rings (SSSR count).